The molecular weight excluding hydrogens is 296 g/mol. The van der Waals surface area contributed by atoms with Gasteiger partial charge in [-0.1, -0.05) is 13.8 Å². The van der Waals surface area contributed by atoms with Crippen LogP contribution in [0.2, 0.25) is 0 Å². The van der Waals surface area contributed by atoms with Crippen molar-refractivity contribution in [2.45, 2.75) is 39.8 Å². The predicted octanol–water partition coefficient (Wildman–Crippen LogP) is 2.81. The Balaban J connectivity index is 2.02. The quantitative estimate of drug-likeness (QED) is 0.857. The van der Waals surface area contributed by atoms with E-state index in [1.54, 1.807) is 12.1 Å². The van der Waals surface area contributed by atoms with Crippen LogP contribution in [-0.2, 0) is 4.79 Å². The molecule has 2 rings (SSSR count). The van der Waals surface area contributed by atoms with Crippen LogP contribution in [-0.4, -0.2) is 17.9 Å². The van der Waals surface area contributed by atoms with E-state index in [9.17, 15) is 9.59 Å². The van der Waals surface area contributed by atoms with Gasteiger partial charge in [-0.25, -0.2) is 0 Å². The summed E-state index contributed by atoms with van der Waals surface area (Å²) in [6, 6.07) is 5.91. The number of amides is 2. The number of rotatable bonds is 6. The third-order valence-electron chi connectivity index (χ3n) is 3.53. The minimum absolute atomic E-state index is 0.0700. The van der Waals surface area contributed by atoms with Gasteiger partial charge < -0.3 is 19.5 Å². The zero-order valence-electron chi connectivity index (χ0n) is 13.8. The lowest BCUT2D eigenvalue weighted by Gasteiger charge is -2.23. The minimum atomic E-state index is -0.661. The minimum Gasteiger partial charge on any atom is -0.464 e. The van der Waals surface area contributed by atoms with E-state index in [-0.39, 0.29) is 23.6 Å². The van der Waals surface area contributed by atoms with Gasteiger partial charge in [-0.3, -0.25) is 9.59 Å². The summed E-state index contributed by atoms with van der Waals surface area (Å²) in [5.74, 6) is 0.896. The molecule has 2 aromatic rings. The Morgan fingerprint density at radius 3 is 2.35 bits per heavy atom. The van der Waals surface area contributed by atoms with Crippen LogP contribution in [0.4, 0.5) is 0 Å². The van der Waals surface area contributed by atoms with Crippen molar-refractivity contribution in [2.24, 2.45) is 5.92 Å². The second-order valence-corrected chi connectivity index (χ2v) is 5.85. The third-order valence-corrected chi connectivity index (χ3v) is 3.53. The fourth-order valence-corrected chi connectivity index (χ4v) is 2.22. The second kappa shape index (κ2) is 7.17. The monoisotopic (exact) mass is 318 g/mol. The average molecular weight is 318 g/mol. The molecule has 2 atom stereocenters. The first-order chi connectivity index (χ1) is 10.9. The summed E-state index contributed by atoms with van der Waals surface area (Å²) in [6.07, 6.45) is 1.42. The SMILES string of the molecule is Cc1ccc(C(C)NC(=O)C(NC(=O)c2ccco2)C(C)C)o1. The molecule has 0 radical (unpaired) electrons. The second-order valence-electron chi connectivity index (χ2n) is 5.85. The van der Waals surface area contributed by atoms with Crippen LogP contribution in [0.5, 0.6) is 0 Å². The van der Waals surface area contributed by atoms with E-state index in [2.05, 4.69) is 10.6 Å². The Morgan fingerprint density at radius 2 is 1.83 bits per heavy atom. The lowest BCUT2D eigenvalue weighted by molar-refractivity contribution is -0.124. The highest BCUT2D eigenvalue weighted by atomic mass is 16.3. The molecule has 0 aromatic carbocycles. The Bertz CT molecular complexity index is 658. The number of hydrogen-bond acceptors (Lipinski definition) is 4. The van der Waals surface area contributed by atoms with Crippen LogP contribution in [0, 0.1) is 12.8 Å². The zero-order valence-corrected chi connectivity index (χ0v) is 13.8. The first kappa shape index (κ1) is 16.9. The molecule has 0 aliphatic heterocycles. The van der Waals surface area contributed by atoms with Crippen molar-refractivity contribution in [3.63, 3.8) is 0 Å². The van der Waals surface area contributed by atoms with Crippen molar-refractivity contribution in [3.8, 4) is 0 Å². The number of carbonyl (C=O) groups excluding carboxylic acids is 2. The molecule has 0 saturated carbocycles. The molecule has 23 heavy (non-hydrogen) atoms. The van der Waals surface area contributed by atoms with Gasteiger partial charge in [0.05, 0.1) is 12.3 Å². The number of carbonyl (C=O) groups is 2. The average Bonchev–Trinajstić information content (AvgIpc) is 3.14. The summed E-state index contributed by atoms with van der Waals surface area (Å²) in [6.45, 7) is 7.42. The van der Waals surface area contributed by atoms with Crippen molar-refractivity contribution < 1.29 is 18.4 Å². The van der Waals surface area contributed by atoms with Gasteiger partial charge in [0.25, 0.3) is 5.91 Å². The molecule has 2 N–H and O–H groups in total. The topological polar surface area (TPSA) is 84.5 Å². The fourth-order valence-electron chi connectivity index (χ4n) is 2.22. The number of nitrogens with one attached hydrogen (secondary N) is 2. The summed E-state index contributed by atoms with van der Waals surface area (Å²) in [7, 11) is 0. The van der Waals surface area contributed by atoms with Crippen LogP contribution >= 0.6 is 0 Å². The van der Waals surface area contributed by atoms with E-state index < -0.39 is 11.9 Å². The molecule has 2 amide bonds. The van der Waals surface area contributed by atoms with Gasteiger partial charge in [-0.15, -0.1) is 0 Å². The summed E-state index contributed by atoms with van der Waals surface area (Å²) >= 11 is 0. The van der Waals surface area contributed by atoms with Crippen molar-refractivity contribution in [1.82, 2.24) is 10.6 Å². The Morgan fingerprint density at radius 1 is 1.09 bits per heavy atom. The van der Waals surface area contributed by atoms with Gasteiger partial charge in [0, 0.05) is 0 Å². The van der Waals surface area contributed by atoms with Crippen molar-refractivity contribution >= 4 is 11.8 Å². The standard InChI is InChI=1S/C17H22N2O4/c1-10(2)15(19-16(20)14-6-5-9-22-14)17(21)18-12(4)13-8-7-11(3)23-13/h5-10,12,15H,1-4H3,(H,18,21)(H,19,20). The van der Waals surface area contributed by atoms with Crippen molar-refractivity contribution in [2.75, 3.05) is 0 Å². The zero-order chi connectivity index (χ0) is 17.0. The first-order valence-electron chi connectivity index (χ1n) is 7.59. The highest BCUT2D eigenvalue weighted by molar-refractivity contribution is 5.95. The molecule has 0 saturated heterocycles. The molecule has 2 aromatic heterocycles. The predicted molar refractivity (Wildman–Crippen MR) is 84.8 cm³/mol. The van der Waals surface area contributed by atoms with Crippen LogP contribution in [0.3, 0.4) is 0 Å². The van der Waals surface area contributed by atoms with Crippen LogP contribution in [0.15, 0.2) is 39.4 Å². The highest BCUT2D eigenvalue weighted by Crippen LogP contribution is 2.16. The Kier molecular flexibility index (Phi) is 5.26. The van der Waals surface area contributed by atoms with Gasteiger partial charge in [0.2, 0.25) is 5.91 Å². The molecule has 0 aliphatic rings. The normalized spacial score (nSPS) is 13.6. The third kappa shape index (κ3) is 4.25. The lowest BCUT2D eigenvalue weighted by Crippen LogP contribution is -2.50. The number of aryl methyl sites for hydroxylation is 1. The first-order valence-corrected chi connectivity index (χ1v) is 7.59. The molecule has 0 fully saturated rings. The summed E-state index contributed by atoms with van der Waals surface area (Å²) in [5.41, 5.74) is 0. The van der Waals surface area contributed by atoms with Gasteiger partial charge in [0.1, 0.15) is 17.6 Å². The summed E-state index contributed by atoms with van der Waals surface area (Å²) in [4.78, 5) is 24.6. The molecule has 6 heteroatoms. The van der Waals surface area contributed by atoms with Gasteiger partial charge in [0.15, 0.2) is 5.76 Å². The van der Waals surface area contributed by atoms with E-state index in [0.717, 1.165) is 5.76 Å². The maximum Gasteiger partial charge on any atom is 0.287 e. The maximum absolute atomic E-state index is 12.5. The molecule has 6 nitrogen and oxygen atoms in total. The van der Waals surface area contributed by atoms with Crippen LogP contribution in [0.25, 0.3) is 0 Å². The number of furan rings is 2. The molecule has 2 unspecified atom stereocenters. The maximum atomic E-state index is 12.5. The summed E-state index contributed by atoms with van der Waals surface area (Å²) in [5, 5.41) is 5.57. The van der Waals surface area contributed by atoms with Gasteiger partial charge in [-0.2, -0.15) is 0 Å². The van der Waals surface area contributed by atoms with E-state index in [1.165, 1.54) is 6.26 Å². The van der Waals surface area contributed by atoms with Gasteiger partial charge in [-0.05, 0) is 44.0 Å². The fraction of sp³-hybridized carbons (Fsp3) is 0.412. The molecular formula is C17H22N2O4. The molecule has 124 valence electrons. The van der Waals surface area contributed by atoms with Crippen molar-refractivity contribution in [1.29, 1.82) is 0 Å². The van der Waals surface area contributed by atoms with Gasteiger partial charge >= 0.3 is 0 Å². The van der Waals surface area contributed by atoms with E-state index >= 15 is 0 Å². The molecule has 0 bridgehead atoms. The highest BCUT2D eigenvalue weighted by Gasteiger charge is 2.27. The summed E-state index contributed by atoms with van der Waals surface area (Å²) < 4.78 is 10.6. The molecule has 2 heterocycles. The smallest absolute Gasteiger partial charge is 0.287 e. The van der Waals surface area contributed by atoms with Crippen LogP contribution in [0.1, 0.15) is 48.9 Å². The molecule has 0 aliphatic carbocycles. The van der Waals surface area contributed by atoms with Crippen LogP contribution < -0.4 is 10.6 Å². The lowest BCUT2D eigenvalue weighted by atomic mass is 10.0. The van der Waals surface area contributed by atoms with E-state index in [4.69, 9.17) is 8.83 Å². The Labute approximate surface area is 135 Å². The number of hydrogen-bond donors (Lipinski definition) is 2. The van der Waals surface area contributed by atoms with Crippen molar-refractivity contribution in [3.05, 3.63) is 47.8 Å². The largest absolute Gasteiger partial charge is 0.464 e. The Hall–Kier alpha value is -2.50. The van der Waals surface area contributed by atoms with E-state index in [0.29, 0.717) is 5.76 Å². The molecule has 0 spiro atoms. The van der Waals surface area contributed by atoms with E-state index in [1.807, 2.05) is 39.8 Å².